The molecular weight excluding hydrogens is 382 g/mol. The zero-order valence-corrected chi connectivity index (χ0v) is 16.9. The Hall–Kier alpha value is -3.39. The lowest BCUT2D eigenvalue weighted by atomic mass is 10.0. The van der Waals surface area contributed by atoms with Crippen LogP contribution in [0.5, 0.6) is 11.5 Å². The molecule has 1 amide bonds. The number of nitrogens with one attached hydrogen (secondary N) is 2. The quantitative estimate of drug-likeness (QED) is 0.555. The van der Waals surface area contributed by atoms with E-state index in [9.17, 15) is 4.79 Å². The summed E-state index contributed by atoms with van der Waals surface area (Å²) in [5, 5.41) is 14.7. The normalized spacial score (nSPS) is 15.2. The number of aromatic nitrogens is 3. The average molecular weight is 407 g/mol. The van der Waals surface area contributed by atoms with Crippen LogP contribution in [0.2, 0.25) is 0 Å². The van der Waals surface area contributed by atoms with Gasteiger partial charge in [-0.3, -0.25) is 4.79 Å². The van der Waals surface area contributed by atoms with Crippen LogP contribution in [0.3, 0.4) is 0 Å². The summed E-state index contributed by atoms with van der Waals surface area (Å²) >= 11 is 0. The predicted molar refractivity (Wildman–Crippen MR) is 112 cm³/mol. The zero-order chi connectivity index (χ0) is 20.8. The van der Waals surface area contributed by atoms with Gasteiger partial charge in [-0.15, -0.1) is 5.10 Å². The number of carbonyl (C=O) groups is 1. The van der Waals surface area contributed by atoms with Crippen LogP contribution in [-0.4, -0.2) is 53.2 Å². The molecule has 3 aromatic rings. The van der Waals surface area contributed by atoms with Crippen LogP contribution in [0.1, 0.15) is 23.0 Å². The molecule has 1 aromatic heterocycles. The molecule has 0 radical (unpaired) electrons. The number of para-hydroxylation sites is 1. The lowest BCUT2D eigenvalue weighted by Crippen LogP contribution is -2.43. The van der Waals surface area contributed by atoms with Crippen LogP contribution in [0.25, 0.3) is 5.69 Å². The van der Waals surface area contributed by atoms with E-state index in [1.54, 1.807) is 0 Å². The highest BCUT2D eigenvalue weighted by Crippen LogP contribution is 2.32. The van der Waals surface area contributed by atoms with E-state index >= 15 is 0 Å². The van der Waals surface area contributed by atoms with E-state index in [1.807, 2.05) is 48.5 Å². The highest BCUT2D eigenvalue weighted by Gasteiger charge is 2.25. The Labute approximate surface area is 175 Å². The van der Waals surface area contributed by atoms with Gasteiger partial charge < -0.3 is 20.1 Å². The molecule has 0 saturated carbocycles. The number of carbonyl (C=O) groups excluding carboxylic acids is 1. The van der Waals surface area contributed by atoms with Crippen molar-refractivity contribution in [3.8, 4) is 17.2 Å². The predicted octanol–water partition coefficient (Wildman–Crippen LogP) is 1.99. The number of fused-ring (bicyclic) bond motifs is 1. The Morgan fingerprint density at radius 3 is 2.93 bits per heavy atom. The fraction of sp³-hybridized carbons (Fsp3) is 0.318. The zero-order valence-electron chi connectivity index (χ0n) is 16.9. The van der Waals surface area contributed by atoms with E-state index in [1.165, 1.54) is 11.0 Å². The number of nitrogens with zero attached hydrogens (tertiary/aromatic N) is 3. The number of benzene rings is 2. The van der Waals surface area contributed by atoms with E-state index in [-0.39, 0.29) is 17.6 Å². The van der Waals surface area contributed by atoms with Crippen molar-refractivity contribution in [3.63, 3.8) is 0 Å². The fourth-order valence-corrected chi connectivity index (χ4v) is 3.33. The molecule has 4 rings (SSSR count). The summed E-state index contributed by atoms with van der Waals surface area (Å²) in [6.45, 7) is 4.71. The van der Waals surface area contributed by atoms with Crippen LogP contribution in [0, 0.1) is 0 Å². The molecule has 2 heterocycles. The molecule has 156 valence electrons. The summed E-state index contributed by atoms with van der Waals surface area (Å²) in [6, 6.07) is 15.1. The lowest BCUT2D eigenvalue weighted by Gasteiger charge is -2.27. The molecule has 8 nitrogen and oxygen atoms in total. The molecule has 0 fully saturated rings. The minimum Gasteiger partial charge on any atom is -0.492 e. The maximum absolute atomic E-state index is 12.7. The third-order valence-electron chi connectivity index (χ3n) is 4.81. The molecule has 1 atom stereocenters. The van der Waals surface area contributed by atoms with Gasteiger partial charge >= 0.3 is 0 Å². The van der Waals surface area contributed by atoms with E-state index in [0.717, 1.165) is 35.8 Å². The number of amides is 1. The van der Waals surface area contributed by atoms with Crippen LogP contribution in [-0.2, 0) is 6.42 Å². The molecule has 1 aliphatic heterocycles. The van der Waals surface area contributed by atoms with Crippen molar-refractivity contribution < 1.29 is 14.3 Å². The molecule has 0 unspecified atom stereocenters. The highest BCUT2D eigenvalue weighted by atomic mass is 16.5. The van der Waals surface area contributed by atoms with Crippen molar-refractivity contribution in [2.45, 2.75) is 19.4 Å². The number of ether oxygens (including phenoxy) is 2. The first kappa shape index (κ1) is 19.9. The van der Waals surface area contributed by atoms with Gasteiger partial charge in [0, 0.05) is 18.5 Å². The van der Waals surface area contributed by atoms with Crippen molar-refractivity contribution in [1.29, 1.82) is 0 Å². The second-order valence-electron chi connectivity index (χ2n) is 6.98. The SMILES string of the molecule is CCNCCOc1cccc2c1C[C@H](NC(=O)c1cnn(-c3ccccc3)n1)CO2. The second-order valence-corrected chi connectivity index (χ2v) is 6.98. The van der Waals surface area contributed by atoms with Crippen molar-refractivity contribution in [2.24, 2.45) is 0 Å². The Morgan fingerprint density at radius 1 is 1.23 bits per heavy atom. The molecule has 8 heteroatoms. The fourth-order valence-electron chi connectivity index (χ4n) is 3.33. The second kappa shape index (κ2) is 9.41. The van der Waals surface area contributed by atoms with E-state index in [2.05, 4.69) is 27.8 Å². The Kier molecular flexibility index (Phi) is 6.24. The number of rotatable bonds is 8. The molecule has 2 N–H and O–H groups in total. The monoisotopic (exact) mass is 407 g/mol. The lowest BCUT2D eigenvalue weighted by molar-refractivity contribution is 0.0909. The first-order valence-corrected chi connectivity index (χ1v) is 10.1. The van der Waals surface area contributed by atoms with Gasteiger partial charge in [0.05, 0.1) is 17.9 Å². The van der Waals surface area contributed by atoms with E-state index < -0.39 is 0 Å². The van der Waals surface area contributed by atoms with Gasteiger partial charge in [-0.2, -0.15) is 9.90 Å². The maximum atomic E-state index is 12.7. The third kappa shape index (κ3) is 4.60. The molecule has 30 heavy (non-hydrogen) atoms. The van der Waals surface area contributed by atoms with Gasteiger partial charge in [0.1, 0.15) is 24.7 Å². The van der Waals surface area contributed by atoms with Gasteiger partial charge in [-0.05, 0) is 30.8 Å². The maximum Gasteiger partial charge on any atom is 0.273 e. The third-order valence-corrected chi connectivity index (χ3v) is 4.81. The van der Waals surface area contributed by atoms with Gasteiger partial charge in [0.25, 0.3) is 5.91 Å². The summed E-state index contributed by atoms with van der Waals surface area (Å²) in [4.78, 5) is 14.1. The standard InChI is InChI=1S/C22H25N5O3/c1-2-23-11-12-29-20-9-6-10-21-18(20)13-16(15-30-21)25-22(28)19-14-24-27(26-19)17-7-4-3-5-8-17/h3-10,14,16,23H,2,11-13,15H2,1H3,(H,25,28)/t16-/m0/s1. The molecule has 0 spiro atoms. The number of hydrogen-bond donors (Lipinski definition) is 2. The first-order chi connectivity index (χ1) is 14.7. The van der Waals surface area contributed by atoms with E-state index in [4.69, 9.17) is 9.47 Å². The van der Waals surface area contributed by atoms with E-state index in [0.29, 0.717) is 19.6 Å². The van der Waals surface area contributed by atoms with Crippen LogP contribution in [0.4, 0.5) is 0 Å². The summed E-state index contributed by atoms with van der Waals surface area (Å²) in [7, 11) is 0. The summed E-state index contributed by atoms with van der Waals surface area (Å²) < 4.78 is 11.8. The van der Waals surface area contributed by atoms with Crippen molar-refractivity contribution in [2.75, 3.05) is 26.3 Å². The van der Waals surface area contributed by atoms with Crippen molar-refractivity contribution in [3.05, 3.63) is 66.0 Å². The minimum absolute atomic E-state index is 0.176. The summed E-state index contributed by atoms with van der Waals surface area (Å²) in [5.41, 5.74) is 2.03. The van der Waals surface area contributed by atoms with Gasteiger partial charge in [0.15, 0.2) is 5.69 Å². The first-order valence-electron chi connectivity index (χ1n) is 10.1. The molecular formula is C22H25N5O3. The topological polar surface area (TPSA) is 90.3 Å². The molecule has 0 aliphatic carbocycles. The highest BCUT2D eigenvalue weighted by molar-refractivity contribution is 5.92. The minimum atomic E-state index is -0.278. The molecule has 1 aliphatic rings. The van der Waals surface area contributed by atoms with Gasteiger partial charge in [-0.25, -0.2) is 0 Å². The van der Waals surface area contributed by atoms with Crippen LogP contribution < -0.4 is 20.1 Å². The number of likely N-dealkylation sites (N-methyl/N-ethyl adjacent to an activating group) is 1. The van der Waals surface area contributed by atoms with Crippen LogP contribution in [0.15, 0.2) is 54.7 Å². The Balaban J connectivity index is 1.40. The molecule has 0 saturated heterocycles. The summed E-state index contributed by atoms with van der Waals surface area (Å²) in [5.74, 6) is 1.32. The average Bonchev–Trinajstić information content (AvgIpc) is 3.28. The van der Waals surface area contributed by atoms with Crippen LogP contribution >= 0.6 is 0 Å². The summed E-state index contributed by atoms with van der Waals surface area (Å²) in [6.07, 6.45) is 2.10. The van der Waals surface area contributed by atoms with Gasteiger partial charge in [0.2, 0.25) is 0 Å². The Morgan fingerprint density at radius 2 is 2.10 bits per heavy atom. The largest absolute Gasteiger partial charge is 0.492 e. The molecule has 0 bridgehead atoms. The smallest absolute Gasteiger partial charge is 0.273 e. The number of hydrogen-bond acceptors (Lipinski definition) is 6. The van der Waals surface area contributed by atoms with Crippen molar-refractivity contribution in [1.82, 2.24) is 25.6 Å². The molecule has 2 aromatic carbocycles. The van der Waals surface area contributed by atoms with Crippen molar-refractivity contribution >= 4 is 5.91 Å². The Bertz CT molecular complexity index is 989. The van der Waals surface area contributed by atoms with Gasteiger partial charge in [-0.1, -0.05) is 31.2 Å².